The van der Waals surface area contributed by atoms with Gasteiger partial charge in [-0.3, -0.25) is 0 Å². The Morgan fingerprint density at radius 2 is 1.04 bits per heavy atom. The Kier molecular flexibility index (Phi) is 7.38. The molecule has 0 unspecified atom stereocenters. The van der Waals surface area contributed by atoms with Crippen LogP contribution in [-0.4, -0.2) is 32.9 Å². The van der Waals surface area contributed by atoms with Crippen LogP contribution in [0.5, 0.6) is 0 Å². The maximum Gasteiger partial charge on any atom is 0.0658 e. The van der Waals surface area contributed by atoms with Gasteiger partial charge in [0.25, 0.3) is 0 Å². The Morgan fingerprint density at radius 3 is 1.42 bits per heavy atom. The molecule has 2 nitrogen and oxygen atoms in total. The van der Waals surface area contributed by atoms with Crippen LogP contribution in [-0.2, 0) is 11.5 Å². The molecule has 2 fully saturated rings. The topological polar surface area (TPSA) is 40.5 Å². The first kappa shape index (κ1) is 18.6. The third-order valence-electron chi connectivity index (χ3n) is 5.29. The van der Waals surface area contributed by atoms with Gasteiger partial charge in [0.1, 0.15) is 0 Å². The quantitative estimate of drug-likeness (QED) is 0.761. The third kappa shape index (κ3) is 5.42. The molecule has 24 heavy (non-hydrogen) atoms. The van der Waals surface area contributed by atoms with E-state index in [1.54, 1.807) is 0 Å². The van der Waals surface area contributed by atoms with Gasteiger partial charge in [0, 0.05) is 22.0 Å². The van der Waals surface area contributed by atoms with Crippen LogP contribution < -0.4 is 0 Å². The summed E-state index contributed by atoms with van der Waals surface area (Å²) in [5, 5.41) is 21.0. The van der Waals surface area contributed by atoms with E-state index in [1.165, 1.54) is 36.8 Å². The van der Waals surface area contributed by atoms with E-state index in [0.717, 1.165) is 37.2 Å². The molecular formula is C20H30O2S2. The minimum Gasteiger partial charge on any atom is -0.392 e. The van der Waals surface area contributed by atoms with Gasteiger partial charge in [0.05, 0.1) is 12.2 Å². The summed E-state index contributed by atoms with van der Waals surface area (Å²) in [5.41, 5.74) is 2.70. The fraction of sp³-hybridized carbons (Fsp3) is 0.700. The average molecular weight is 367 g/mol. The summed E-state index contributed by atoms with van der Waals surface area (Å²) in [7, 11) is 0. The molecular weight excluding hydrogens is 336 g/mol. The minimum absolute atomic E-state index is 0.110. The molecule has 0 heterocycles. The second-order valence-corrected chi connectivity index (χ2v) is 9.67. The lowest BCUT2D eigenvalue weighted by Gasteiger charge is -2.27. The maximum absolute atomic E-state index is 10.1. The summed E-state index contributed by atoms with van der Waals surface area (Å²) in [6, 6.07) is 8.93. The van der Waals surface area contributed by atoms with Crippen LogP contribution in [0.1, 0.15) is 62.5 Å². The molecule has 1 aromatic rings. The first-order valence-electron chi connectivity index (χ1n) is 9.39. The summed E-state index contributed by atoms with van der Waals surface area (Å²) >= 11 is 3.83. The van der Waals surface area contributed by atoms with Crippen molar-refractivity contribution in [1.82, 2.24) is 0 Å². The number of benzene rings is 1. The predicted octanol–water partition coefficient (Wildman–Crippen LogP) is 4.76. The fourth-order valence-corrected chi connectivity index (χ4v) is 6.26. The minimum atomic E-state index is -0.110. The van der Waals surface area contributed by atoms with Crippen molar-refractivity contribution in [1.29, 1.82) is 0 Å². The van der Waals surface area contributed by atoms with Crippen molar-refractivity contribution >= 4 is 23.5 Å². The van der Waals surface area contributed by atoms with Crippen molar-refractivity contribution in [2.75, 3.05) is 0 Å². The maximum atomic E-state index is 10.1. The monoisotopic (exact) mass is 366 g/mol. The molecule has 4 heteroatoms. The van der Waals surface area contributed by atoms with Gasteiger partial charge in [0.2, 0.25) is 0 Å². The number of aliphatic hydroxyl groups excluding tert-OH is 2. The molecule has 134 valence electrons. The molecule has 0 bridgehead atoms. The van der Waals surface area contributed by atoms with E-state index in [0.29, 0.717) is 10.5 Å². The Labute approximate surface area is 154 Å². The van der Waals surface area contributed by atoms with Crippen LogP contribution in [0.25, 0.3) is 0 Å². The van der Waals surface area contributed by atoms with E-state index < -0.39 is 0 Å². The van der Waals surface area contributed by atoms with E-state index in [-0.39, 0.29) is 12.2 Å². The zero-order chi connectivity index (χ0) is 16.8. The zero-order valence-electron chi connectivity index (χ0n) is 14.4. The highest BCUT2D eigenvalue weighted by atomic mass is 32.2. The molecule has 3 rings (SSSR count). The fourth-order valence-electron chi connectivity index (χ4n) is 3.68. The molecule has 0 aromatic heterocycles. The molecule has 1 aromatic carbocycles. The smallest absolute Gasteiger partial charge is 0.0658 e. The second kappa shape index (κ2) is 9.51. The Hall–Kier alpha value is -0.160. The Morgan fingerprint density at radius 1 is 0.667 bits per heavy atom. The van der Waals surface area contributed by atoms with Gasteiger partial charge < -0.3 is 10.2 Å². The van der Waals surface area contributed by atoms with Crippen LogP contribution >= 0.6 is 23.5 Å². The normalized spacial score (nSPS) is 31.1. The standard InChI is InChI=1S/C20H30O2S2/c21-17-5-1-3-7-19(17)23-13-15-9-11-16(12-10-15)14-24-20-8-4-2-6-18(20)22/h9-12,17-22H,1-8,13-14H2/t17-,18+,19-,20+. The van der Waals surface area contributed by atoms with Gasteiger partial charge in [-0.25, -0.2) is 0 Å². The van der Waals surface area contributed by atoms with Crippen molar-refractivity contribution in [3.8, 4) is 0 Å². The van der Waals surface area contributed by atoms with E-state index in [4.69, 9.17) is 0 Å². The van der Waals surface area contributed by atoms with Crippen molar-refractivity contribution in [3.05, 3.63) is 35.4 Å². The number of hydrogen-bond acceptors (Lipinski definition) is 4. The van der Waals surface area contributed by atoms with Crippen LogP contribution in [0.2, 0.25) is 0 Å². The van der Waals surface area contributed by atoms with Crippen molar-refractivity contribution in [3.63, 3.8) is 0 Å². The molecule has 0 saturated heterocycles. The predicted molar refractivity (Wildman–Crippen MR) is 106 cm³/mol. The SMILES string of the molecule is O[C@@H]1CCCC[C@H]1SCc1ccc(CS[C@H]2CCCC[C@@H]2O)cc1. The van der Waals surface area contributed by atoms with E-state index in [9.17, 15) is 10.2 Å². The summed E-state index contributed by atoms with van der Waals surface area (Å²) in [6.45, 7) is 0. The zero-order valence-corrected chi connectivity index (χ0v) is 16.0. The molecule has 0 spiro atoms. The van der Waals surface area contributed by atoms with E-state index >= 15 is 0 Å². The van der Waals surface area contributed by atoms with Crippen LogP contribution in [0.15, 0.2) is 24.3 Å². The Balaban J connectivity index is 1.43. The largest absolute Gasteiger partial charge is 0.392 e. The molecule has 2 aliphatic rings. The number of hydrogen-bond donors (Lipinski definition) is 2. The van der Waals surface area contributed by atoms with Gasteiger partial charge in [-0.15, -0.1) is 0 Å². The van der Waals surface area contributed by atoms with Gasteiger partial charge in [0.15, 0.2) is 0 Å². The molecule has 0 amide bonds. The lowest BCUT2D eigenvalue weighted by molar-refractivity contribution is 0.136. The first-order chi connectivity index (χ1) is 11.7. The molecule has 0 aliphatic heterocycles. The van der Waals surface area contributed by atoms with Crippen molar-refractivity contribution in [2.45, 2.75) is 85.6 Å². The summed E-state index contributed by atoms with van der Waals surface area (Å²) < 4.78 is 0. The lowest BCUT2D eigenvalue weighted by Crippen LogP contribution is -2.26. The van der Waals surface area contributed by atoms with Crippen LogP contribution in [0, 0.1) is 0 Å². The molecule has 0 radical (unpaired) electrons. The molecule has 2 aliphatic carbocycles. The summed E-state index contributed by atoms with van der Waals surface area (Å²) in [6.07, 6.45) is 8.93. The summed E-state index contributed by atoms with van der Waals surface area (Å²) in [5.74, 6) is 1.99. The average Bonchev–Trinajstić information content (AvgIpc) is 2.61. The molecule has 4 atom stereocenters. The van der Waals surface area contributed by atoms with Gasteiger partial charge in [-0.05, 0) is 36.8 Å². The highest BCUT2D eigenvalue weighted by molar-refractivity contribution is 7.99. The number of rotatable bonds is 6. The van der Waals surface area contributed by atoms with E-state index in [1.807, 2.05) is 23.5 Å². The second-order valence-electron chi connectivity index (χ2n) is 7.22. The first-order valence-corrected chi connectivity index (χ1v) is 11.5. The summed E-state index contributed by atoms with van der Waals surface area (Å²) in [4.78, 5) is 0. The highest BCUT2D eigenvalue weighted by Gasteiger charge is 2.24. The van der Waals surface area contributed by atoms with Gasteiger partial charge in [-0.2, -0.15) is 23.5 Å². The van der Waals surface area contributed by atoms with Crippen LogP contribution in [0.4, 0.5) is 0 Å². The van der Waals surface area contributed by atoms with Crippen molar-refractivity contribution in [2.24, 2.45) is 0 Å². The number of thioether (sulfide) groups is 2. The third-order valence-corrected chi connectivity index (χ3v) is 8.24. The van der Waals surface area contributed by atoms with Gasteiger partial charge in [-0.1, -0.05) is 49.9 Å². The molecule has 2 N–H and O–H groups in total. The lowest BCUT2D eigenvalue weighted by atomic mass is 9.97. The van der Waals surface area contributed by atoms with E-state index in [2.05, 4.69) is 24.3 Å². The Bertz CT molecular complexity index is 446. The van der Waals surface area contributed by atoms with Crippen LogP contribution in [0.3, 0.4) is 0 Å². The molecule has 2 saturated carbocycles. The van der Waals surface area contributed by atoms with Crippen molar-refractivity contribution < 1.29 is 10.2 Å². The number of aliphatic hydroxyl groups is 2. The van der Waals surface area contributed by atoms with Gasteiger partial charge >= 0.3 is 0 Å². The highest BCUT2D eigenvalue weighted by Crippen LogP contribution is 2.32.